The normalized spacial score (nSPS) is 12.6. The lowest BCUT2D eigenvalue weighted by Crippen LogP contribution is -2.18. The van der Waals surface area contributed by atoms with Gasteiger partial charge in [0.05, 0.1) is 4.90 Å². The summed E-state index contributed by atoms with van der Waals surface area (Å²) in [4.78, 5) is 12.4. The lowest BCUT2D eigenvalue weighted by atomic mass is 9.78. The molecule has 0 saturated carbocycles. The average Bonchev–Trinajstić information content (AvgIpc) is 2.58. The monoisotopic (exact) mass is 432 g/mol. The number of amides is 1. The number of rotatable bonds is 5. The maximum absolute atomic E-state index is 12.4. The summed E-state index contributed by atoms with van der Waals surface area (Å²) in [6.07, 6.45) is 0.713. The molecule has 4 N–H and O–H groups in total. The first-order valence-electron chi connectivity index (χ1n) is 9.88. The van der Waals surface area contributed by atoms with Gasteiger partial charge in [-0.1, -0.05) is 59.7 Å². The predicted octanol–water partition coefficient (Wildman–Crippen LogP) is 4.21. The van der Waals surface area contributed by atoms with Crippen LogP contribution in [0.4, 0.5) is 5.69 Å². The Morgan fingerprint density at radius 3 is 2.00 bits per heavy atom. The van der Waals surface area contributed by atoms with Crippen LogP contribution < -0.4 is 10.5 Å². The third kappa shape index (κ3) is 6.06. The molecule has 6 nitrogen and oxygen atoms in total. The summed E-state index contributed by atoms with van der Waals surface area (Å²) in [6.45, 7) is 12.3. The molecule has 1 amide bonds. The van der Waals surface area contributed by atoms with Crippen molar-refractivity contribution in [3.8, 4) is 5.75 Å². The van der Waals surface area contributed by atoms with E-state index in [1.54, 1.807) is 6.07 Å². The molecule has 0 saturated heterocycles. The van der Waals surface area contributed by atoms with Crippen molar-refractivity contribution in [1.82, 2.24) is 0 Å². The van der Waals surface area contributed by atoms with Gasteiger partial charge in [0.2, 0.25) is 15.9 Å². The number of sulfonamides is 1. The summed E-state index contributed by atoms with van der Waals surface area (Å²) in [5.41, 5.74) is 2.57. The van der Waals surface area contributed by atoms with E-state index in [0.717, 1.165) is 16.7 Å². The van der Waals surface area contributed by atoms with Gasteiger partial charge in [-0.05, 0) is 52.1 Å². The Kier molecular flexibility index (Phi) is 6.69. The number of hydrogen-bond donors (Lipinski definition) is 3. The van der Waals surface area contributed by atoms with Crippen LogP contribution in [0.1, 0.15) is 64.7 Å². The molecule has 0 aliphatic rings. The van der Waals surface area contributed by atoms with Crippen LogP contribution in [0.2, 0.25) is 0 Å². The number of nitrogens with one attached hydrogen (secondary N) is 1. The molecular weight excluding hydrogens is 400 g/mol. The highest BCUT2D eigenvalue weighted by molar-refractivity contribution is 7.89. The summed E-state index contributed by atoms with van der Waals surface area (Å²) in [5.74, 6) is 0.0762. The number of nitrogens with two attached hydrogens (primary N) is 1. The lowest BCUT2D eigenvalue weighted by molar-refractivity contribution is -0.116. The fourth-order valence-electron chi connectivity index (χ4n) is 3.21. The number of aryl methyl sites for hydroxylation is 1. The van der Waals surface area contributed by atoms with Gasteiger partial charge in [-0.3, -0.25) is 4.79 Å². The molecule has 0 atom stereocenters. The quantitative estimate of drug-likeness (QED) is 0.657. The van der Waals surface area contributed by atoms with Crippen LogP contribution in [0.3, 0.4) is 0 Å². The minimum absolute atomic E-state index is 0.0523. The first-order valence-corrected chi connectivity index (χ1v) is 11.4. The molecule has 2 aromatic rings. The SMILES string of the molecule is CC(C)(C)c1cc(CCC(=O)Nc2cccc(S(N)(=O)=O)c2)cc(C(C)(C)C)c1O. The Bertz CT molecular complexity index is 1010. The molecule has 2 aromatic carbocycles. The molecule has 7 heteroatoms. The van der Waals surface area contributed by atoms with E-state index >= 15 is 0 Å². The molecule has 0 radical (unpaired) electrons. The number of phenols is 1. The Labute approximate surface area is 179 Å². The molecule has 0 fully saturated rings. The Hall–Kier alpha value is -2.38. The molecule has 0 heterocycles. The van der Waals surface area contributed by atoms with Gasteiger partial charge in [-0.15, -0.1) is 0 Å². The number of carbonyl (C=O) groups excluding carboxylic acids is 1. The van der Waals surface area contributed by atoms with Crippen molar-refractivity contribution in [2.24, 2.45) is 5.14 Å². The zero-order valence-electron chi connectivity index (χ0n) is 18.5. The fraction of sp³-hybridized carbons (Fsp3) is 0.435. The first kappa shape index (κ1) is 23.9. The standard InChI is InChI=1S/C23H32N2O4S/c1-22(2,3)18-12-15(13-19(21(18)27)23(4,5)6)10-11-20(26)25-16-8-7-9-17(14-16)30(24,28)29/h7-9,12-14,27H,10-11H2,1-6H3,(H,25,26)(H2,24,28,29). The maximum Gasteiger partial charge on any atom is 0.238 e. The number of benzene rings is 2. The van der Waals surface area contributed by atoms with E-state index in [2.05, 4.69) is 5.32 Å². The minimum Gasteiger partial charge on any atom is -0.507 e. The second kappa shape index (κ2) is 8.40. The van der Waals surface area contributed by atoms with E-state index in [-0.39, 0.29) is 28.1 Å². The van der Waals surface area contributed by atoms with Crippen LogP contribution in [0.15, 0.2) is 41.3 Å². The van der Waals surface area contributed by atoms with Crippen molar-refractivity contribution in [3.63, 3.8) is 0 Å². The Balaban J connectivity index is 2.22. The number of anilines is 1. The van der Waals surface area contributed by atoms with E-state index in [0.29, 0.717) is 17.9 Å². The molecule has 30 heavy (non-hydrogen) atoms. The second-order valence-corrected chi connectivity index (χ2v) is 11.2. The summed E-state index contributed by atoms with van der Waals surface area (Å²) in [5, 5.41) is 18.7. The predicted molar refractivity (Wildman–Crippen MR) is 120 cm³/mol. The number of aromatic hydroxyl groups is 1. The van der Waals surface area contributed by atoms with Crippen molar-refractivity contribution in [3.05, 3.63) is 53.1 Å². The Morgan fingerprint density at radius 1 is 1.00 bits per heavy atom. The molecule has 0 aliphatic heterocycles. The number of primary sulfonamides is 1. The maximum atomic E-state index is 12.4. The van der Waals surface area contributed by atoms with Crippen LogP contribution >= 0.6 is 0 Å². The van der Waals surface area contributed by atoms with Gasteiger partial charge in [-0.2, -0.15) is 0 Å². The minimum atomic E-state index is -3.83. The summed E-state index contributed by atoms with van der Waals surface area (Å²) in [6, 6.07) is 9.77. The van der Waals surface area contributed by atoms with Gasteiger partial charge in [-0.25, -0.2) is 13.6 Å². The highest BCUT2D eigenvalue weighted by Crippen LogP contribution is 2.40. The summed E-state index contributed by atoms with van der Waals surface area (Å²) < 4.78 is 23.0. The zero-order chi connectivity index (χ0) is 22.9. The molecular formula is C23H32N2O4S. The van der Waals surface area contributed by atoms with Crippen molar-refractivity contribution in [2.75, 3.05) is 5.32 Å². The molecule has 0 spiro atoms. The molecule has 0 bridgehead atoms. The van der Waals surface area contributed by atoms with Crippen LogP contribution in [0, 0.1) is 0 Å². The van der Waals surface area contributed by atoms with Gasteiger partial charge >= 0.3 is 0 Å². The number of phenolic OH excluding ortho intramolecular Hbond substituents is 1. The van der Waals surface area contributed by atoms with Crippen LogP contribution in [0.25, 0.3) is 0 Å². The van der Waals surface area contributed by atoms with Crippen molar-refractivity contribution < 1.29 is 18.3 Å². The third-order valence-corrected chi connectivity index (χ3v) is 5.78. The molecule has 0 aliphatic carbocycles. The number of carbonyl (C=O) groups is 1. The second-order valence-electron chi connectivity index (χ2n) is 9.66. The molecule has 0 aromatic heterocycles. The molecule has 2 rings (SSSR count). The van der Waals surface area contributed by atoms with E-state index in [1.807, 2.05) is 53.7 Å². The van der Waals surface area contributed by atoms with E-state index in [4.69, 9.17) is 5.14 Å². The molecule has 0 unspecified atom stereocenters. The van der Waals surface area contributed by atoms with Crippen molar-refractivity contribution >= 4 is 21.6 Å². The Morgan fingerprint density at radius 2 is 1.53 bits per heavy atom. The summed E-state index contributed by atoms with van der Waals surface area (Å²) >= 11 is 0. The number of hydrogen-bond acceptors (Lipinski definition) is 4. The van der Waals surface area contributed by atoms with Gasteiger partial charge in [0.15, 0.2) is 0 Å². The van der Waals surface area contributed by atoms with Gasteiger partial charge in [0, 0.05) is 12.1 Å². The average molecular weight is 433 g/mol. The van der Waals surface area contributed by atoms with Crippen LogP contribution in [-0.2, 0) is 32.1 Å². The highest BCUT2D eigenvalue weighted by Gasteiger charge is 2.26. The topological polar surface area (TPSA) is 109 Å². The lowest BCUT2D eigenvalue weighted by Gasteiger charge is -2.28. The highest BCUT2D eigenvalue weighted by atomic mass is 32.2. The van der Waals surface area contributed by atoms with Crippen LogP contribution in [0.5, 0.6) is 5.75 Å². The molecule has 164 valence electrons. The van der Waals surface area contributed by atoms with E-state index in [9.17, 15) is 18.3 Å². The third-order valence-electron chi connectivity index (χ3n) is 4.87. The largest absolute Gasteiger partial charge is 0.507 e. The van der Waals surface area contributed by atoms with Gasteiger partial charge in [0.25, 0.3) is 0 Å². The zero-order valence-corrected chi connectivity index (χ0v) is 19.4. The van der Waals surface area contributed by atoms with Crippen molar-refractivity contribution in [2.45, 2.75) is 70.1 Å². The van der Waals surface area contributed by atoms with Crippen molar-refractivity contribution in [1.29, 1.82) is 0 Å². The van der Waals surface area contributed by atoms with E-state index in [1.165, 1.54) is 18.2 Å². The van der Waals surface area contributed by atoms with Gasteiger partial charge in [0.1, 0.15) is 5.75 Å². The smallest absolute Gasteiger partial charge is 0.238 e. The first-order chi connectivity index (χ1) is 13.6. The fourth-order valence-corrected chi connectivity index (χ4v) is 3.77. The summed E-state index contributed by atoms with van der Waals surface area (Å²) in [7, 11) is -3.83. The van der Waals surface area contributed by atoms with Gasteiger partial charge < -0.3 is 10.4 Å². The van der Waals surface area contributed by atoms with E-state index < -0.39 is 10.0 Å². The van der Waals surface area contributed by atoms with Crippen LogP contribution in [-0.4, -0.2) is 19.4 Å².